The SMILES string of the molecule is O=C(NNc1nc(=O)c2cccnc2s1)c1cccs1. The molecule has 3 aromatic heterocycles. The van der Waals surface area contributed by atoms with Crippen LogP contribution in [0.2, 0.25) is 0 Å². The third-order valence-electron chi connectivity index (χ3n) is 2.43. The molecule has 1 amide bonds. The molecule has 8 heteroatoms. The standard InChI is InChI=1S/C12H8N4O2S2/c17-9-7-3-1-5-13-11(7)20-12(14-9)16-15-10(18)8-4-2-6-19-8/h1-6H,(H,15,18)(H,14,16,17). The summed E-state index contributed by atoms with van der Waals surface area (Å²) in [7, 11) is 0. The number of pyridine rings is 1. The third kappa shape index (κ3) is 2.51. The predicted molar refractivity (Wildman–Crippen MR) is 79.1 cm³/mol. The Morgan fingerprint density at radius 2 is 2.15 bits per heavy atom. The number of aromatic nitrogens is 2. The molecule has 20 heavy (non-hydrogen) atoms. The number of rotatable bonds is 3. The van der Waals surface area contributed by atoms with E-state index in [9.17, 15) is 9.59 Å². The first-order chi connectivity index (χ1) is 9.74. The number of nitrogens with one attached hydrogen (secondary N) is 2. The lowest BCUT2D eigenvalue weighted by molar-refractivity contribution is 0.0966. The molecular weight excluding hydrogens is 296 g/mol. The summed E-state index contributed by atoms with van der Waals surface area (Å²) < 4.78 is 0. The lowest BCUT2D eigenvalue weighted by Gasteiger charge is -2.05. The molecule has 0 aliphatic rings. The molecule has 0 aliphatic carbocycles. The molecule has 0 unspecified atom stereocenters. The number of hydrazine groups is 1. The summed E-state index contributed by atoms with van der Waals surface area (Å²) in [5.41, 5.74) is 4.76. The molecule has 0 fully saturated rings. The molecule has 0 saturated heterocycles. The van der Waals surface area contributed by atoms with Crippen molar-refractivity contribution in [3.63, 3.8) is 0 Å². The van der Waals surface area contributed by atoms with Crippen molar-refractivity contribution in [3.05, 3.63) is 51.1 Å². The lowest BCUT2D eigenvalue weighted by Crippen LogP contribution is -2.29. The third-order valence-corrected chi connectivity index (χ3v) is 4.20. The second kappa shape index (κ2) is 5.35. The molecule has 0 spiro atoms. The summed E-state index contributed by atoms with van der Waals surface area (Å²) in [6, 6.07) is 6.85. The largest absolute Gasteiger partial charge is 0.282 e. The van der Waals surface area contributed by atoms with Gasteiger partial charge in [0, 0.05) is 6.20 Å². The van der Waals surface area contributed by atoms with Gasteiger partial charge in [-0.3, -0.25) is 20.4 Å². The fourth-order valence-electron chi connectivity index (χ4n) is 1.53. The number of hydrogen-bond acceptors (Lipinski definition) is 7. The number of nitrogens with zero attached hydrogens (tertiary/aromatic N) is 2. The Morgan fingerprint density at radius 3 is 2.95 bits per heavy atom. The number of thiophene rings is 1. The smallest absolute Gasteiger partial charge is 0.273 e. The topological polar surface area (TPSA) is 84.0 Å². The Kier molecular flexibility index (Phi) is 3.40. The van der Waals surface area contributed by atoms with Crippen LogP contribution in [-0.2, 0) is 0 Å². The van der Waals surface area contributed by atoms with Crippen LogP contribution in [-0.4, -0.2) is 15.9 Å². The number of amides is 1. The van der Waals surface area contributed by atoms with Gasteiger partial charge in [-0.15, -0.1) is 11.3 Å². The van der Waals surface area contributed by atoms with Crippen LogP contribution in [0.5, 0.6) is 0 Å². The van der Waals surface area contributed by atoms with Crippen molar-refractivity contribution in [1.82, 2.24) is 15.4 Å². The van der Waals surface area contributed by atoms with Gasteiger partial charge in [-0.1, -0.05) is 17.4 Å². The molecule has 0 radical (unpaired) electrons. The van der Waals surface area contributed by atoms with E-state index in [0.717, 1.165) is 0 Å². The number of fused-ring (bicyclic) bond motifs is 1. The normalized spacial score (nSPS) is 10.4. The maximum atomic E-state index is 11.8. The van der Waals surface area contributed by atoms with Crippen LogP contribution in [0.4, 0.5) is 5.13 Å². The van der Waals surface area contributed by atoms with E-state index in [1.54, 1.807) is 30.5 Å². The van der Waals surface area contributed by atoms with Gasteiger partial charge in [0.2, 0.25) is 5.13 Å². The summed E-state index contributed by atoms with van der Waals surface area (Å²) in [5.74, 6) is -0.275. The highest BCUT2D eigenvalue weighted by Crippen LogP contribution is 2.17. The van der Waals surface area contributed by atoms with Crippen molar-refractivity contribution < 1.29 is 4.79 Å². The van der Waals surface area contributed by atoms with E-state index in [0.29, 0.717) is 20.2 Å². The summed E-state index contributed by atoms with van der Waals surface area (Å²) in [6.45, 7) is 0. The second-order valence-corrected chi connectivity index (χ2v) is 5.66. The Morgan fingerprint density at radius 1 is 1.25 bits per heavy atom. The molecule has 3 heterocycles. The average Bonchev–Trinajstić information content (AvgIpc) is 2.99. The molecule has 100 valence electrons. The number of anilines is 1. The van der Waals surface area contributed by atoms with E-state index in [1.807, 2.05) is 5.38 Å². The Labute approximate surface area is 121 Å². The fraction of sp³-hybridized carbons (Fsp3) is 0. The fourth-order valence-corrected chi connectivity index (χ4v) is 2.95. The Balaban J connectivity index is 1.81. The van der Waals surface area contributed by atoms with Gasteiger partial charge in [-0.2, -0.15) is 4.98 Å². The zero-order chi connectivity index (χ0) is 13.9. The van der Waals surface area contributed by atoms with Crippen LogP contribution in [0.1, 0.15) is 9.67 Å². The monoisotopic (exact) mass is 304 g/mol. The van der Waals surface area contributed by atoms with E-state index in [2.05, 4.69) is 20.8 Å². The van der Waals surface area contributed by atoms with Gasteiger partial charge in [0.25, 0.3) is 11.5 Å². The van der Waals surface area contributed by atoms with Gasteiger partial charge in [0.15, 0.2) is 0 Å². The highest BCUT2D eigenvalue weighted by Gasteiger charge is 2.08. The molecule has 0 aromatic carbocycles. The molecule has 0 bridgehead atoms. The van der Waals surface area contributed by atoms with Crippen LogP contribution < -0.4 is 16.4 Å². The summed E-state index contributed by atoms with van der Waals surface area (Å²) in [4.78, 5) is 32.6. The van der Waals surface area contributed by atoms with Crippen LogP contribution >= 0.6 is 22.7 Å². The minimum absolute atomic E-state index is 0.275. The molecule has 3 aromatic rings. The van der Waals surface area contributed by atoms with E-state index in [1.165, 1.54) is 22.7 Å². The van der Waals surface area contributed by atoms with Crippen LogP contribution in [0.25, 0.3) is 10.2 Å². The average molecular weight is 304 g/mol. The number of carbonyl (C=O) groups excluding carboxylic acids is 1. The van der Waals surface area contributed by atoms with Crippen molar-refractivity contribution in [2.75, 3.05) is 5.43 Å². The van der Waals surface area contributed by atoms with Gasteiger partial charge in [-0.25, -0.2) is 4.98 Å². The maximum absolute atomic E-state index is 11.8. The van der Waals surface area contributed by atoms with Crippen LogP contribution in [0, 0.1) is 0 Å². The van der Waals surface area contributed by atoms with Crippen LogP contribution in [0.15, 0.2) is 40.6 Å². The van der Waals surface area contributed by atoms with E-state index >= 15 is 0 Å². The van der Waals surface area contributed by atoms with Crippen molar-refractivity contribution in [1.29, 1.82) is 0 Å². The second-order valence-electron chi connectivity index (χ2n) is 3.74. The summed E-state index contributed by atoms with van der Waals surface area (Å²) in [5, 5.41) is 2.57. The van der Waals surface area contributed by atoms with E-state index in [4.69, 9.17) is 0 Å². The Hall–Kier alpha value is -2.32. The van der Waals surface area contributed by atoms with Gasteiger partial charge in [-0.05, 0) is 23.6 Å². The van der Waals surface area contributed by atoms with Crippen molar-refractivity contribution in [2.24, 2.45) is 0 Å². The zero-order valence-corrected chi connectivity index (χ0v) is 11.6. The first-order valence-corrected chi connectivity index (χ1v) is 7.29. The predicted octanol–water partition coefficient (Wildman–Crippen LogP) is 1.87. The maximum Gasteiger partial charge on any atom is 0.282 e. The van der Waals surface area contributed by atoms with Crippen molar-refractivity contribution in [2.45, 2.75) is 0 Å². The quantitative estimate of drug-likeness (QED) is 0.722. The molecule has 0 saturated carbocycles. The van der Waals surface area contributed by atoms with Crippen molar-refractivity contribution >= 4 is 43.9 Å². The highest BCUT2D eigenvalue weighted by molar-refractivity contribution is 7.21. The van der Waals surface area contributed by atoms with Gasteiger partial charge >= 0.3 is 0 Å². The number of hydrogen-bond donors (Lipinski definition) is 2. The highest BCUT2D eigenvalue weighted by atomic mass is 32.1. The minimum Gasteiger partial charge on any atom is -0.273 e. The van der Waals surface area contributed by atoms with E-state index < -0.39 is 0 Å². The van der Waals surface area contributed by atoms with E-state index in [-0.39, 0.29) is 11.5 Å². The molecular formula is C12H8N4O2S2. The number of carbonyl (C=O) groups is 1. The van der Waals surface area contributed by atoms with Crippen LogP contribution in [0.3, 0.4) is 0 Å². The molecule has 3 rings (SSSR count). The summed E-state index contributed by atoms with van der Waals surface area (Å²) in [6.07, 6.45) is 1.60. The lowest BCUT2D eigenvalue weighted by atomic mass is 10.4. The molecule has 6 nitrogen and oxygen atoms in total. The van der Waals surface area contributed by atoms with Gasteiger partial charge < -0.3 is 0 Å². The molecule has 0 atom stereocenters. The molecule has 0 aliphatic heterocycles. The first-order valence-electron chi connectivity index (χ1n) is 5.60. The zero-order valence-electron chi connectivity index (χ0n) is 9.99. The minimum atomic E-state index is -0.375. The summed E-state index contributed by atoms with van der Waals surface area (Å²) >= 11 is 2.52. The van der Waals surface area contributed by atoms with Gasteiger partial charge in [0.1, 0.15) is 4.83 Å². The first kappa shape index (κ1) is 12.7. The Bertz CT molecular complexity index is 814. The molecule has 2 N–H and O–H groups in total. The van der Waals surface area contributed by atoms with Crippen molar-refractivity contribution in [3.8, 4) is 0 Å². The van der Waals surface area contributed by atoms with Gasteiger partial charge in [0.05, 0.1) is 10.3 Å².